The largest absolute Gasteiger partial charge is 0.338 e. The summed E-state index contributed by atoms with van der Waals surface area (Å²) in [5, 5.41) is 4.86. The predicted octanol–water partition coefficient (Wildman–Crippen LogP) is 3.89. The Kier molecular flexibility index (Phi) is 4.36. The molecule has 0 amide bonds. The summed E-state index contributed by atoms with van der Waals surface area (Å²) in [5.41, 5.74) is 4.54. The van der Waals surface area contributed by atoms with Crippen molar-refractivity contribution >= 4 is 22.2 Å². The Hall–Kier alpha value is -1.65. The van der Waals surface area contributed by atoms with E-state index in [1.54, 1.807) is 11.3 Å². The molecule has 1 N–H and O–H groups in total. The molecule has 21 heavy (non-hydrogen) atoms. The molecule has 1 aromatic carbocycles. The van der Waals surface area contributed by atoms with Gasteiger partial charge < -0.3 is 9.88 Å². The Morgan fingerprint density at radius 3 is 2.90 bits per heavy atom. The molecule has 0 aliphatic rings. The second-order valence-electron chi connectivity index (χ2n) is 5.77. The third-order valence-electron chi connectivity index (χ3n) is 3.55. The summed E-state index contributed by atoms with van der Waals surface area (Å²) in [7, 11) is 0. The van der Waals surface area contributed by atoms with Crippen LogP contribution in [0.25, 0.3) is 10.9 Å². The first-order chi connectivity index (χ1) is 10.2. The molecule has 4 heteroatoms. The van der Waals surface area contributed by atoms with Gasteiger partial charge in [0, 0.05) is 28.8 Å². The number of benzene rings is 1. The highest BCUT2D eigenvalue weighted by molar-refractivity contribution is 7.09. The van der Waals surface area contributed by atoms with Crippen LogP contribution in [-0.4, -0.2) is 16.1 Å². The van der Waals surface area contributed by atoms with Crippen LogP contribution in [0.4, 0.5) is 0 Å². The Bertz CT molecular complexity index is 698. The van der Waals surface area contributed by atoms with E-state index in [-0.39, 0.29) is 0 Å². The number of nitrogens with zero attached hydrogens (tertiary/aromatic N) is 2. The van der Waals surface area contributed by atoms with Crippen LogP contribution in [0.5, 0.6) is 0 Å². The highest BCUT2D eigenvalue weighted by atomic mass is 32.1. The molecule has 110 valence electrons. The van der Waals surface area contributed by atoms with E-state index in [4.69, 9.17) is 0 Å². The fourth-order valence-electron chi connectivity index (χ4n) is 2.57. The lowest BCUT2D eigenvalue weighted by atomic mass is 10.2. The summed E-state index contributed by atoms with van der Waals surface area (Å²) in [5.74, 6) is 0.671. The first-order valence-corrected chi connectivity index (χ1v) is 8.27. The van der Waals surface area contributed by atoms with E-state index in [2.05, 4.69) is 59.0 Å². The maximum Gasteiger partial charge on any atom is 0.0794 e. The number of rotatable bonds is 6. The van der Waals surface area contributed by atoms with E-state index in [9.17, 15) is 0 Å². The molecule has 2 heterocycles. The average Bonchev–Trinajstić information content (AvgIpc) is 3.08. The van der Waals surface area contributed by atoms with Gasteiger partial charge in [0.1, 0.15) is 0 Å². The number of thiazole rings is 1. The van der Waals surface area contributed by atoms with Gasteiger partial charge in [0.05, 0.1) is 12.1 Å². The van der Waals surface area contributed by atoms with Crippen molar-refractivity contribution in [1.29, 1.82) is 0 Å². The van der Waals surface area contributed by atoms with Crippen LogP contribution in [0.3, 0.4) is 0 Å². The van der Waals surface area contributed by atoms with Gasteiger partial charge >= 0.3 is 0 Å². The molecular formula is C17H21N3S. The minimum Gasteiger partial charge on any atom is -0.338 e. The van der Waals surface area contributed by atoms with Gasteiger partial charge in [-0.25, -0.2) is 0 Å². The summed E-state index contributed by atoms with van der Waals surface area (Å²) in [6.07, 6.45) is 1.96. The molecular weight excluding hydrogens is 278 g/mol. The highest BCUT2D eigenvalue weighted by Gasteiger charge is 2.09. The molecule has 0 atom stereocenters. The lowest BCUT2D eigenvalue weighted by Crippen LogP contribution is -2.21. The van der Waals surface area contributed by atoms with Crippen LogP contribution in [0, 0.1) is 5.92 Å². The topological polar surface area (TPSA) is 29.9 Å². The van der Waals surface area contributed by atoms with Crippen molar-refractivity contribution < 1.29 is 0 Å². The van der Waals surface area contributed by atoms with Crippen molar-refractivity contribution in [2.24, 2.45) is 5.92 Å². The van der Waals surface area contributed by atoms with Gasteiger partial charge in [-0.05, 0) is 30.0 Å². The van der Waals surface area contributed by atoms with Gasteiger partial charge in [0.15, 0.2) is 0 Å². The van der Waals surface area contributed by atoms with E-state index in [0.717, 1.165) is 19.6 Å². The lowest BCUT2D eigenvalue weighted by Gasteiger charge is -2.11. The van der Waals surface area contributed by atoms with Crippen LogP contribution >= 0.6 is 11.3 Å². The molecule has 0 bridgehead atoms. The number of fused-ring (bicyclic) bond motifs is 1. The van der Waals surface area contributed by atoms with E-state index >= 15 is 0 Å². The van der Waals surface area contributed by atoms with Gasteiger partial charge in [-0.15, -0.1) is 11.3 Å². The second-order valence-corrected chi connectivity index (χ2v) is 6.74. The van der Waals surface area contributed by atoms with Crippen molar-refractivity contribution in [2.75, 3.05) is 6.54 Å². The quantitative estimate of drug-likeness (QED) is 0.748. The summed E-state index contributed by atoms with van der Waals surface area (Å²) >= 11 is 1.71. The maximum absolute atomic E-state index is 4.19. The van der Waals surface area contributed by atoms with Crippen molar-refractivity contribution in [3.05, 3.63) is 52.6 Å². The third-order valence-corrected chi connectivity index (χ3v) is 4.32. The monoisotopic (exact) mass is 299 g/mol. The van der Waals surface area contributed by atoms with Gasteiger partial charge in [-0.2, -0.15) is 0 Å². The van der Waals surface area contributed by atoms with E-state index in [1.807, 2.05) is 11.7 Å². The Labute approximate surface area is 129 Å². The zero-order valence-corrected chi connectivity index (χ0v) is 13.4. The molecule has 3 rings (SSSR count). The summed E-state index contributed by atoms with van der Waals surface area (Å²) in [6.45, 7) is 7.32. The average molecular weight is 299 g/mol. The molecule has 0 saturated heterocycles. The van der Waals surface area contributed by atoms with Crippen molar-refractivity contribution in [3.8, 4) is 0 Å². The van der Waals surface area contributed by atoms with Crippen LogP contribution in [0.1, 0.15) is 24.4 Å². The molecule has 0 aliphatic carbocycles. The van der Waals surface area contributed by atoms with Gasteiger partial charge in [-0.3, -0.25) is 4.98 Å². The van der Waals surface area contributed by atoms with Gasteiger partial charge in [0.25, 0.3) is 0 Å². The van der Waals surface area contributed by atoms with Crippen LogP contribution in [-0.2, 0) is 13.1 Å². The van der Waals surface area contributed by atoms with Crippen LogP contribution < -0.4 is 5.32 Å². The van der Waals surface area contributed by atoms with Gasteiger partial charge in [-0.1, -0.05) is 32.0 Å². The minimum atomic E-state index is 0.671. The fourth-order valence-corrected chi connectivity index (χ4v) is 3.15. The van der Waals surface area contributed by atoms with Crippen LogP contribution in [0.15, 0.2) is 42.0 Å². The SMILES string of the molecule is CC(C)CNCc1cc2ccccc2n1Cc1cncs1. The number of nitrogens with one attached hydrogen (secondary N) is 1. The van der Waals surface area contributed by atoms with E-state index in [1.165, 1.54) is 21.5 Å². The van der Waals surface area contributed by atoms with Crippen LogP contribution in [0.2, 0.25) is 0 Å². The molecule has 2 aromatic heterocycles. The first kappa shape index (κ1) is 14.3. The second kappa shape index (κ2) is 6.41. The molecule has 0 radical (unpaired) electrons. The normalized spacial score (nSPS) is 11.6. The number of hydrogen-bond donors (Lipinski definition) is 1. The molecule has 0 spiro atoms. The molecule has 3 nitrogen and oxygen atoms in total. The standard InChI is InChI=1S/C17H21N3S/c1-13(2)8-18-9-15-7-14-5-3-4-6-17(14)20(15)11-16-10-19-12-21-16/h3-7,10,12-13,18H,8-9,11H2,1-2H3. The van der Waals surface area contributed by atoms with E-state index < -0.39 is 0 Å². The van der Waals surface area contributed by atoms with Crippen molar-refractivity contribution in [1.82, 2.24) is 14.9 Å². The summed E-state index contributed by atoms with van der Waals surface area (Å²) in [6, 6.07) is 10.9. The number of aromatic nitrogens is 2. The lowest BCUT2D eigenvalue weighted by molar-refractivity contribution is 0.541. The summed E-state index contributed by atoms with van der Waals surface area (Å²) < 4.78 is 2.40. The van der Waals surface area contributed by atoms with Crippen molar-refractivity contribution in [2.45, 2.75) is 26.9 Å². The van der Waals surface area contributed by atoms with Gasteiger partial charge in [0.2, 0.25) is 0 Å². The Morgan fingerprint density at radius 1 is 1.29 bits per heavy atom. The molecule has 0 unspecified atom stereocenters. The summed E-state index contributed by atoms with van der Waals surface area (Å²) in [4.78, 5) is 5.48. The highest BCUT2D eigenvalue weighted by Crippen LogP contribution is 2.22. The molecule has 3 aromatic rings. The first-order valence-electron chi connectivity index (χ1n) is 7.39. The predicted molar refractivity (Wildman–Crippen MR) is 89.7 cm³/mol. The molecule has 0 aliphatic heterocycles. The molecule has 0 fully saturated rings. The number of para-hydroxylation sites is 1. The maximum atomic E-state index is 4.19. The Balaban J connectivity index is 1.90. The fraction of sp³-hybridized carbons (Fsp3) is 0.353. The number of hydrogen-bond acceptors (Lipinski definition) is 3. The van der Waals surface area contributed by atoms with Crippen molar-refractivity contribution in [3.63, 3.8) is 0 Å². The van der Waals surface area contributed by atoms with E-state index in [0.29, 0.717) is 5.92 Å². The zero-order valence-electron chi connectivity index (χ0n) is 12.5. The third kappa shape index (κ3) is 3.34. The molecule has 0 saturated carbocycles. The minimum absolute atomic E-state index is 0.671. The zero-order chi connectivity index (χ0) is 14.7. The Morgan fingerprint density at radius 2 is 2.14 bits per heavy atom. The smallest absolute Gasteiger partial charge is 0.0794 e.